The first kappa shape index (κ1) is 12.8. The number of aromatic amines is 1. The van der Waals surface area contributed by atoms with E-state index in [9.17, 15) is 13.6 Å². The minimum absolute atomic E-state index is 0.00212. The summed E-state index contributed by atoms with van der Waals surface area (Å²) >= 11 is 0. The van der Waals surface area contributed by atoms with Gasteiger partial charge in [0.25, 0.3) is 5.56 Å². The van der Waals surface area contributed by atoms with Gasteiger partial charge in [-0.2, -0.15) is 14.0 Å². The quantitative estimate of drug-likeness (QED) is 0.924. The fourth-order valence-corrected chi connectivity index (χ4v) is 1.57. The van der Waals surface area contributed by atoms with Gasteiger partial charge in [0.15, 0.2) is 0 Å². The van der Waals surface area contributed by atoms with E-state index in [1.54, 1.807) is 12.1 Å². The lowest BCUT2D eigenvalue weighted by Crippen LogP contribution is -2.10. The fourth-order valence-electron chi connectivity index (χ4n) is 1.57. The number of nitrogens with zero attached hydrogens (tertiary/aromatic N) is 1. The van der Waals surface area contributed by atoms with Crippen LogP contribution in [0.3, 0.4) is 0 Å². The number of hydrogen-bond acceptors (Lipinski definition) is 3. The van der Waals surface area contributed by atoms with Crippen LogP contribution in [0.1, 0.15) is 5.56 Å². The van der Waals surface area contributed by atoms with Crippen LogP contribution in [0.2, 0.25) is 0 Å². The minimum Gasteiger partial charge on any atom is -0.435 e. The lowest BCUT2D eigenvalue weighted by atomic mass is 10.1. The average Bonchev–Trinajstić information content (AvgIpc) is 2.38. The molecule has 2 rings (SSSR count). The molecule has 0 aliphatic carbocycles. The standard InChI is InChI=1S/C13H8F2N2O2/c14-13(15)19-10-3-1-2-8(6-10)11-5-4-9(7-16)12(18)17-11/h1-6,13H,(H,17,18). The number of pyridine rings is 1. The molecule has 0 bridgehead atoms. The summed E-state index contributed by atoms with van der Waals surface area (Å²) < 4.78 is 28.5. The van der Waals surface area contributed by atoms with Crippen LogP contribution in [0.15, 0.2) is 41.2 Å². The molecule has 96 valence electrons. The molecule has 4 nitrogen and oxygen atoms in total. The molecule has 0 spiro atoms. The number of nitriles is 1. The molecule has 0 atom stereocenters. The van der Waals surface area contributed by atoms with Crippen molar-refractivity contribution in [2.45, 2.75) is 6.61 Å². The third-order valence-corrected chi connectivity index (χ3v) is 2.40. The van der Waals surface area contributed by atoms with Gasteiger partial charge in [-0.05, 0) is 24.3 Å². The molecular formula is C13H8F2N2O2. The van der Waals surface area contributed by atoms with Gasteiger partial charge in [0.1, 0.15) is 17.4 Å². The molecule has 2 aromatic rings. The van der Waals surface area contributed by atoms with Crippen LogP contribution in [0, 0.1) is 11.3 Å². The van der Waals surface area contributed by atoms with E-state index in [1.807, 2.05) is 0 Å². The highest BCUT2D eigenvalue weighted by Gasteiger charge is 2.07. The molecule has 1 aromatic heterocycles. The first-order valence-corrected chi connectivity index (χ1v) is 5.29. The maximum atomic E-state index is 12.1. The van der Waals surface area contributed by atoms with Gasteiger partial charge in [-0.25, -0.2) is 0 Å². The number of nitrogens with one attached hydrogen (secondary N) is 1. The van der Waals surface area contributed by atoms with Gasteiger partial charge >= 0.3 is 6.61 Å². The number of halogens is 2. The number of ether oxygens (including phenoxy) is 1. The number of hydrogen-bond donors (Lipinski definition) is 1. The predicted octanol–water partition coefficient (Wildman–Crippen LogP) is 2.51. The Labute approximate surface area is 106 Å². The van der Waals surface area contributed by atoms with Crippen LogP contribution in [0.25, 0.3) is 11.3 Å². The van der Waals surface area contributed by atoms with Gasteiger partial charge in [-0.1, -0.05) is 12.1 Å². The topological polar surface area (TPSA) is 65.9 Å². The summed E-state index contributed by atoms with van der Waals surface area (Å²) in [5.74, 6) is -0.00212. The second-order valence-electron chi connectivity index (χ2n) is 3.63. The van der Waals surface area contributed by atoms with E-state index < -0.39 is 12.2 Å². The Balaban J connectivity index is 2.39. The van der Waals surface area contributed by atoms with Crippen LogP contribution in [0.4, 0.5) is 8.78 Å². The Hall–Kier alpha value is -2.68. The lowest BCUT2D eigenvalue weighted by molar-refractivity contribution is -0.0498. The molecule has 1 N–H and O–H groups in total. The number of rotatable bonds is 3. The third-order valence-electron chi connectivity index (χ3n) is 2.40. The molecular weight excluding hydrogens is 254 g/mol. The van der Waals surface area contributed by atoms with E-state index in [4.69, 9.17) is 5.26 Å². The molecule has 0 saturated carbocycles. The minimum atomic E-state index is -2.91. The fraction of sp³-hybridized carbons (Fsp3) is 0.0769. The molecule has 0 saturated heterocycles. The van der Waals surface area contributed by atoms with Crippen molar-refractivity contribution in [3.63, 3.8) is 0 Å². The van der Waals surface area contributed by atoms with E-state index in [0.717, 1.165) is 0 Å². The Morgan fingerprint density at radius 1 is 1.26 bits per heavy atom. The third kappa shape index (κ3) is 2.96. The van der Waals surface area contributed by atoms with Gasteiger partial charge < -0.3 is 9.72 Å². The molecule has 19 heavy (non-hydrogen) atoms. The number of benzene rings is 1. The van der Waals surface area contributed by atoms with Crippen molar-refractivity contribution in [1.29, 1.82) is 5.26 Å². The average molecular weight is 262 g/mol. The molecule has 0 amide bonds. The second kappa shape index (κ2) is 5.31. The summed E-state index contributed by atoms with van der Waals surface area (Å²) in [6.45, 7) is -2.91. The largest absolute Gasteiger partial charge is 0.435 e. The van der Waals surface area contributed by atoms with E-state index in [1.165, 1.54) is 30.3 Å². The normalized spacial score (nSPS) is 10.2. The summed E-state index contributed by atoms with van der Waals surface area (Å²) in [7, 11) is 0. The van der Waals surface area contributed by atoms with Crippen molar-refractivity contribution in [2.75, 3.05) is 0 Å². The number of alkyl halides is 2. The van der Waals surface area contributed by atoms with Crippen molar-refractivity contribution >= 4 is 0 Å². The molecule has 0 unspecified atom stereocenters. The summed E-state index contributed by atoms with van der Waals surface area (Å²) in [5, 5.41) is 8.65. The highest BCUT2D eigenvalue weighted by molar-refractivity contribution is 5.61. The first-order chi connectivity index (χ1) is 9.10. The first-order valence-electron chi connectivity index (χ1n) is 5.29. The van der Waals surface area contributed by atoms with E-state index >= 15 is 0 Å². The van der Waals surface area contributed by atoms with Gasteiger partial charge in [-0.15, -0.1) is 0 Å². The molecule has 0 aliphatic rings. The predicted molar refractivity (Wildman–Crippen MR) is 63.8 cm³/mol. The van der Waals surface area contributed by atoms with Gasteiger partial charge in [-0.3, -0.25) is 4.79 Å². The Kier molecular flexibility index (Phi) is 3.57. The summed E-state index contributed by atoms with van der Waals surface area (Å²) in [6.07, 6.45) is 0. The number of aromatic nitrogens is 1. The SMILES string of the molecule is N#Cc1ccc(-c2cccc(OC(F)F)c2)[nH]c1=O. The van der Waals surface area contributed by atoms with Crippen molar-refractivity contribution < 1.29 is 13.5 Å². The Morgan fingerprint density at radius 2 is 2.05 bits per heavy atom. The smallest absolute Gasteiger partial charge is 0.387 e. The Morgan fingerprint density at radius 3 is 2.68 bits per heavy atom. The highest BCUT2D eigenvalue weighted by atomic mass is 19.3. The van der Waals surface area contributed by atoms with Crippen LogP contribution >= 0.6 is 0 Å². The monoisotopic (exact) mass is 262 g/mol. The zero-order valence-corrected chi connectivity index (χ0v) is 9.56. The van der Waals surface area contributed by atoms with Crippen molar-refractivity contribution in [3.05, 3.63) is 52.3 Å². The summed E-state index contributed by atoms with van der Waals surface area (Å²) in [6, 6.07) is 10.6. The molecule has 0 aliphatic heterocycles. The van der Waals surface area contributed by atoms with Gasteiger partial charge in [0.2, 0.25) is 0 Å². The Bertz CT molecular complexity index is 690. The van der Waals surface area contributed by atoms with Crippen molar-refractivity contribution in [3.8, 4) is 23.1 Å². The molecule has 1 aromatic carbocycles. The molecule has 0 fully saturated rings. The van der Waals surface area contributed by atoms with E-state index in [2.05, 4.69) is 9.72 Å². The van der Waals surface area contributed by atoms with Crippen LogP contribution in [-0.2, 0) is 0 Å². The van der Waals surface area contributed by atoms with Crippen LogP contribution < -0.4 is 10.3 Å². The molecule has 6 heteroatoms. The summed E-state index contributed by atoms with van der Waals surface area (Å²) in [4.78, 5) is 14.0. The van der Waals surface area contributed by atoms with E-state index in [0.29, 0.717) is 11.3 Å². The van der Waals surface area contributed by atoms with Gasteiger partial charge in [0, 0.05) is 11.3 Å². The number of H-pyrrole nitrogens is 1. The maximum absolute atomic E-state index is 12.1. The molecule has 0 radical (unpaired) electrons. The zero-order chi connectivity index (χ0) is 13.8. The van der Waals surface area contributed by atoms with Crippen molar-refractivity contribution in [2.24, 2.45) is 0 Å². The zero-order valence-electron chi connectivity index (χ0n) is 9.56. The molecule has 1 heterocycles. The maximum Gasteiger partial charge on any atom is 0.387 e. The van der Waals surface area contributed by atoms with Gasteiger partial charge in [0.05, 0.1) is 0 Å². The van der Waals surface area contributed by atoms with E-state index in [-0.39, 0.29) is 11.3 Å². The summed E-state index contributed by atoms with van der Waals surface area (Å²) in [5.41, 5.74) is 0.396. The van der Waals surface area contributed by atoms with Crippen molar-refractivity contribution in [1.82, 2.24) is 4.98 Å². The highest BCUT2D eigenvalue weighted by Crippen LogP contribution is 2.22. The second-order valence-corrected chi connectivity index (χ2v) is 3.63. The lowest BCUT2D eigenvalue weighted by Gasteiger charge is -2.06. The van der Waals surface area contributed by atoms with Crippen LogP contribution in [-0.4, -0.2) is 11.6 Å². The van der Waals surface area contributed by atoms with Crippen LogP contribution in [0.5, 0.6) is 5.75 Å².